The maximum absolute atomic E-state index is 6.02. The van der Waals surface area contributed by atoms with E-state index in [0.717, 1.165) is 17.3 Å². The van der Waals surface area contributed by atoms with E-state index in [9.17, 15) is 0 Å². The average molecular weight is 244 g/mol. The Morgan fingerprint density at radius 1 is 1.28 bits per heavy atom. The molecular formula is C14H20N4. The molecule has 0 saturated carbocycles. The molecule has 1 heterocycles. The molecule has 1 aromatic heterocycles. The molecule has 0 saturated heterocycles. The second-order valence-electron chi connectivity index (χ2n) is 5.02. The van der Waals surface area contributed by atoms with Gasteiger partial charge in [0.25, 0.3) is 0 Å². The Morgan fingerprint density at radius 3 is 2.83 bits per heavy atom. The van der Waals surface area contributed by atoms with Gasteiger partial charge in [-0.1, -0.05) is 32.0 Å². The first-order valence-corrected chi connectivity index (χ1v) is 6.36. The third-order valence-electron chi connectivity index (χ3n) is 2.79. The van der Waals surface area contributed by atoms with Crippen LogP contribution in [0, 0.1) is 5.92 Å². The van der Waals surface area contributed by atoms with E-state index in [4.69, 9.17) is 5.73 Å². The summed E-state index contributed by atoms with van der Waals surface area (Å²) < 4.78 is 0. The molecule has 0 spiro atoms. The predicted octanol–water partition coefficient (Wildman–Crippen LogP) is 2.42. The van der Waals surface area contributed by atoms with Crippen molar-refractivity contribution in [2.75, 3.05) is 11.9 Å². The van der Waals surface area contributed by atoms with Crippen LogP contribution in [0.5, 0.6) is 0 Å². The number of hydrogen-bond donors (Lipinski definition) is 2. The normalized spacial score (nSPS) is 12.9. The Kier molecular flexibility index (Phi) is 4.10. The van der Waals surface area contributed by atoms with Crippen LogP contribution in [0.1, 0.15) is 20.3 Å². The molecule has 0 aliphatic heterocycles. The summed E-state index contributed by atoms with van der Waals surface area (Å²) in [6.07, 6.45) is 2.83. The predicted molar refractivity (Wildman–Crippen MR) is 75.5 cm³/mol. The van der Waals surface area contributed by atoms with Crippen molar-refractivity contribution in [3.63, 3.8) is 0 Å². The van der Waals surface area contributed by atoms with Crippen molar-refractivity contribution < 1.29 is 0 Å². The second kappa shape index (κ2) is 5.78. The van der Waals surface area contributed by atoms with Gasteiger partial charge in [-0.15, -0.1) is 0 Å². The highest BCUT2D eigenvalue weighted by Gasteiger charge is 2.06. The van der Waals surface area contributed by atoms with Crippen LogP contribution in [-0.4, -0.2) is 22.6 Å². The second-order valence-corrected chi connectivity index (χ2v) is 5.02. The molecule has 18 heavy (non-hydrogen) atoms. The molecule has 0 aliphatic rings. The van der Waals surface area contributed by atoms with E-state index >= 15 is 0 Å². The molecule has 0 radical (unpaired) electrons. The van der Waals surface area contributed by atoms with Crippen molar-refractivity contribution >= 4 is 16.9 Å². The van der Waals surface area contributed by atoms with E-state index in [-0.39, 0.29) is 6.04 Å². The number of nitrogens with two attached hydrogens (primary N) is 1. The maximum atomic E-state index is 6.02. The lowest BCUT2D eigenvalue weighted by molar-refractivity contribution is 0.507. The number of anilines is 1. The summed E-state index contributed by atoms with van der Waals surface area (Å²) in [5, 5.41) is 4.25. The first kappa shape index (κ1) is 12.8. The van der Waals surface area contributed by atoms with E-state index < -0.39 is 0 Å². The first-order chi connectivity index (χ1) is 8.65. The Balaban J connectivity index is 1.99. The fourth-order valence-electron chi connectivity index (χ4n) is 1.97. The number of nitrogens with one attached hydrogen (secondary N) is 1. The van der Waals surface area contributed by atoms with Gasteiger partial charge in [-0.3, -0.25) is 0 Å². The third-order valence-corrected chi connectivity index (χ3v) is 2.79. The molecule has 2 aromatic rings. The van der Waals surface area contributed by atoms with Gasteiger partial charge in [-0.05, 0) is 18.4 Å². The van der Waals surface area contributed by atoms with Crippen LogP contribution in [0.2, 0.25) is 0 Å². The van der Waals surface area contributed by atoms with Crippen LogP contribution in [0.3, 0.4) is 0 Å². The number of benzene rings is 1. The van der Waals surface area contributed by atoms with Crippen molar-refractivity contribution in [2.45, 2.75) is 26.3 Å². The van der Waals surface area contributed by atoms with E-state index in [1.807, 2.05) is 30.5 Å². The summed E-state index contributed by atoms with van der Waals surface area (Å²) in [5.41, 5.74) is 6.97. The molecular weight excluding hydrogens is 224 g/mol. The van der Waals surface area contributed by atoms with Crippen LogP contribution in [0.25, 0.3) is 10.9 Å². The molecule has 1 unspecified atom stereocenters. The fraction of sp³-hybridized carbons (Fsp3) is 0.429. The maximum Gasteiger partial charge on any atom is 0.223 e. The molecule has 1 aromatic carbocycles. The minimum atomic E-state index is 0.139. The number of nitrogens with zero attached hydrogens (tertiary/aromatic N) is 2. The van der Waals surface area contributed by atoms with Crippen molar-refractivity contribution in [1.29, 1.82) is 0 Å². The van der Waals surface area contributed by atoms with Crippen molar-refractivity contribution in [2.24, 2.45) is 11.7 Å². The van der Waals surface area contributed by atoms with Gasteiger partial charge in [-0.25, -0.2) is 9.97 Å². The molecule has 1 atom stereocenters. The minimum absolute atomic E-state index is 0.139. The van der Waals surface area contributed by atoms with Gasteiger partial charge < -0.3 is 11.1 Å². The standard InChI is InChI=1S/C14H20N4/c1-10(2)7-12(15)9-17-14-16-8-11-5-3-4-6-13(11)18-14/h3-6,8,10,12H,7,9,15H2,1-2H3,(H,16,17,18). The lowest BCUT2D eigenvalue weighted by Crippen LogP contribution is -2.30. The van der Waals surface area contributed by atoms with Gasteiger partial charge in [0, 0.05) is 24.2 Å². The SMILES string of the molecule is CC(C)CC(N)CNc1ncc2ccccc2n1. The fourth-order valence-corrected chi connectivity index (χ4v) is 1.97. The van der Waals surface area contributed by atoms with Gasteiger partial charge in [0.05, 0.1) is 5.52 Å². The summed E-state index contributed by atoms with van der Waals surface area (Å²) >= 11 is 0. The third kappa shape index (κ3) is 3.40. The van der Waals surface area contributed by atoms with Crippen molar-refractivity contribution in [3.8, 4) is 0 Å². The van der Waals surface area contributed by atoms with Crippen LogP contribution < -0.4 is 11.1 Å². The summed E-state index contributed by atoms with van der Waals surface area (Å²) in [5.74, 6) is 1.26. The average Bonchev–Trinajstić information content (AvgIpc) is 2.35. The van der Waals surface area contributed by atoms with E-state index in [2.05, 4.69) is 29.1 Å². The molecule has 0 amide bonds. The summed E-state index contributed by atoms with van der Waals surface area (Å²) in [6.45, 7) is 5.05. The van der Waals surface area contributed by atoms with Crippen LogP contribution in [0.15, 0.2) is 30.5 Å². The van der Waals surface area contributed by atoms with Crippen LogP contribution in [-0.2, 0) is 0 Å². The van der Waals surface area contributed by atoms with Gasteiger partial charge in [-0.2, -0.15) is 0 Å². The zero-order chi connectivity index (χ0) is 13.0. The highest BCUT2D eigenvalue weighted by atomic mass is 15.1. The quantitative estimate of drug-likeness (QED) is 0.847. The summed E-state index contributed by atoms with van der Waals surface area (Å²) in [7, 11) is 0. The van der Waals surface area contributed by atoms with Gasteiger partial charge in [0.2, 0.25) is 5.95 Å². The molecule has 2 rings (SSSR count). The molecule has 4 nitrogen and oxygen atoms in total. The monoisotopic (exact) mass is 244 g/mol. The smallest absolute Gasteiger partial charge is 0.223 e. The van der Waals surface area contributed by atoms with E-state index in [1.165, 1.54) is 0 Å². The van der Waals surface area contributed by atoms with Gasteiger partial charge in [0.1, 0.15) is 0 Å². The summed E-state index contributed by atoms with van der Waals surface area (Å²) in [6, 6.07) is 8.08. The van der Waals surface area contributed by atoms with Gasteiger partial charge in [0.15, 0.2) is 0 Å². The number of hydrogen-bond acceptors (Lipinski definition) is 4. The lowest BCUT2D eigenvalue weighted by Gasteiger charge is -2.14. The van der Waals surface area contributed by atoms with Crippen LogP contribution in [0.4, 0.5) is 5.95 Å². The van der Waals surface area contributed by atoms with E-state index in [1.54, 1.807) is 0 Å². The molecule has 0 fully saturated rings. The van der Waals surface area contributed by atoms with E-state index in [0.29, 0.717) is 18.4 Å². The zero-order valence-corrected chi connectivity index (χ0v) is 10.9. The Bertz CT molecular complexity index is 510. The molecule has 0 bridgehead atoms. The topological polar surface area (TPSA) is 63.8 Å². The van der Waals surface area contributed by atoms with Crippen molar-refractivity contribution in [3.05, 3.63) is 30.5 Å². The van der Waals surface area contributed by atoms with Crippen molar-refractivity contribution in [1.82, 2.24) is 9.97 Å². The highest BCUT2D eigenvalue weighted by molar-refractivity contribution is 5.78. The number of fused-ring (bicyclic) bond motifs is 1. The van der Waals surface area contributed by atoms with Crippen LogP contribution >= 0.6 is 0 Å². The molecule has 0 aliphatic carbocycles. The Hall–Kier alpha value is -1.68. The lowest BCUT2D eigenvalue weighted by atomic mass is 10.0. The zero-order valence-electron chi connectivity index (χ0n) is 10.9. The molecule has 4 heteroatoms. The number of para-hydroxylation sites is 1. The summed E-state index contributed by atoms with van der Waals surface area (Å²) in [4.78, 5) is 8.73. The number of rotatable bonds is 5. The number of aromatic nitrogens is 2. The molecule has 3 N–H and O–H groups in total. The minimum Gasteiger partial charge on any atom is -0.353 e. The Morgan fingerprint density at radius 2 is 2.06 bits per heavy atom. The van der Waals surface area contributed by atoms with Gasteiger partial charge >= 0.3 is 0 Å². The Labute approximate surface area is 108 Å². The molecule has 96 valence electrons. The largest absolute Gasteiger partial charge is 0.353 e. The highest BCUT2D eigenvalue weighted by Crippen LogP contribution is 2.11. The first-order valence-electron chi connectivity index (χ1n) is 6.36.